The molecule has 0 heterocycles. The summed E-state index contributed by atoms with van der Waals surface area (Å²) in [6.45, 7) is 1.09. The maximum atomic E-state index is 13.1. The van der Waals surface area contributed by atoms with Crippen LogP contribution in [-0.2, 0) is 0 Å². The lowest BCUT2D eigenvalue weighted by atomic mass is 10.0. The predicted octanol–water partition coefficient (Wildman–Crippen LogP) is 2.55. The lowest BCUT2D eigenvalue weighted by Gasteiger charge is -2.08. The predicted molar refractivity (Wildman–Crippen MR) is 45.8 cm³/mol. The molecule has 2 nitrogen and oxygen atoms in total. The first-order valence-corrected chi connectivity index (χ1v) is 3.82. The van der Waals surface area contributed by atoms with E-state index >= 15 is 0 Å². The van der Waals surface area contributed by atoms with Crippen LogP contribution in [0.25, 0.3) is 0 Å². The molecule has 0 aliphatic heterocycles. The van der Waals surface area contributed by atoms with Crippen molar-refractivity contribution in [2.24, 2.45) is 0 Å². The lowest BCUT2D eigenvalue weighted by Crippen LogP contribution is -2.06. The van der Waals surface area contributed by atoms with Crippen molar-refractivity contribution in [3.8, 4) is 0 Å². The Morgan fingerprint density at radius 1 is 1.43 bits per heavy atom. The molecular formula is C9H8F3NO. The number of benzene rings is 1. The monoisotopic (exact) mass is 203 g/mol. The lowest BCUT2D eigenvalue weighted by molar-refractivity contribution is 0.0996. The van der Waals surface area contributed by atoms with E-state index in [1.54, 1.807) is 0 Å². The van der Waals surface area contributed by atoms with Crippen molar-refractivity contribution in [1.29, 1.82) is 0 Å². The number of anilines is 1. The molecule has 0 aromatic heterocycles. The zero-order valence-electron chi connectivity index (χ0n) is 7.35. The van der Waals surface area contributed by atoms with Crippen LogP contribution < -0.4 is 5.73 Å². The number of halogens is 3. The first-order chi connectivity index (χ1) is 6.45. The van der Waals surface area contributed by atoms with Crippen molar-refractivity contribution >= 4 is 11.5 Å². The van der Waals surface area contributed by atoms with Crippen molar-refractivity contribution in [3.63, 3.8) is 0 Å². The summed E-state index contributed by atoms with van der Waals surface area (Å²) in [6.07, 6.45) is -3.04. The van der Waals surface area contributed by atoms with Gasteiger partial charge in [0.05, 0.1) is 11.3 Å². The van der Waals surface area contributed by atoms with Gasteiger partial charge in [-0.3, -0.25) is 4.79 Å². The summed E-state index contributed by atoms with van der Waals surface area (Å²) in [6, 6.07) is 2.19. The van der Waals surface area contributed by atoms with E-state index in [1.807, 2.05) is 0 Å². The molecule has 1 aromatic carbocycles. The fourth-order valence-corrected chi connectivity index (χ4v) is 1.13. The zero-order chi connectivity index (χ0) is 10.9. The maximum Gasteiger partial charge on any atom is 0.267 e. The summed E-state index contributed by atoms with van der Waals surface area (Å²) < 4.78 is 37.9. The molecule has 0 bridgehead atoms. The molecule has 0 unspecified atom stereocenters. The minimum atomic E-state index is -3.04. The highest BCUT2D eigenvalue weighted by atomic mass is 19.3. The van der Waals surface area contributed by atoms with Crippen LogP contribution in [0.1, 0.15) is 29.3 Å². The van der Waals surface area contributed by atoms with E-state index in [-0.39, 0.29) is 11.3 Å². The van der Waals surface area contributed by atoms with Gasteiger partial charge in [-0.25, -0.2) is 13.2 Å². The molecule has 0 aliphatic carbocycles. The van der Waals surface area contributed by atoms with Gasteiger partial charge in [-0.2, -0.15) is 0 Å². The Morgan fingerprint density at radius 2 is 2.00 bits per heavy atom. The van der Waals surface area contributed by atoms with Gasteiger partial charge in [0.1, 0.15) is 0 Å². The minimum Gasteiger partial charge on any atom is -0.396 e. The molecule has 5 heteroatoms. The maximum absolute atomic E-state index is 13.1. The summed E-state index contributed by atoms with van der Waals surface area (Å²) >= 11 is 0. The molecule has 0 amide bonds. The van der Waals surface area contributed by atoms with Crippen LogP contribution in [0.3, 0.4) is 0 Å². The number of nitrogen functional groups attached to an aromatic ring is 1. The Bertz CT molecular complexity index is 377. The van der Waals surface area contributed by atoms with E-state index in [4.69, 9.17) is 5.73 Å². The second kappa shape index (κ2) is 3.69. The summed E-state index contributed by atoms with van der Waals surface area (Å²) in [5.74, 6) is -1.83. The Kier molecular flexibility index (Phi) is 2.78. The van der Waals surface area contributed by atoms with Crippen molar-refractivity contribution in [2.75, 3.05) is 5.73 Å². The fourth-order valence-electron chi connectivity index (χ4n) is 1.13. The van der Waals surface area contributed by atoms with Crippen LogP contribution in [0, 0.1) is 5.82 Å². The quantitative estimate of drug-likeness (QED) is 0.592. The number of carbonyl (C=O) groups is 1. The summed E-state index contributed by atoms with van der Waals surface area (Å²) in [5.41, 5.74) is 3.48. The zero-order valence-corrected chi connectivity index (χ0v) is 7.35. The normalized spacial score (nSPS) is 10.6. The average molecular weight is 203 g/mol. The van der Waals surface area contributed by atoms with Crippen molar-refractivity contribution in [2.45, 2.75) is 13.3 Å². The molecule has 0 saturated carbocycles. The Balaban J connectivity index is 3.45. The molecule has 0 atom stereocenters. The summed E-state index contributed by atoms with van der Waals surface area (Å²) in [7, 11) is 0. The SMILES string of the molecule is CC(=O)c1ccc(N)c(F)c1C(F)F. The smallest absolute Gasteiger partial charge is 0.267 e. The molecule has 14 heavy (non-hydrogen) atoms. The number of rotatable bonds is 2. The number of alkyl halides is 2. The van der Waals surface area contributed by atoms with E-state index in [0.717, 1.165) is 19.1 Å². The van der Waals surface area contributed by atoms with Gasteiger partial charge in [0.15, 0.2) is 11.6 Å². The topological polar surface area (TPSA) is 43.1 Å². The molecule has 0 radical (unpaired) electrons. The number of hydrogen-bond donors (Lipinski definition) is 1. The van der Waals surface area contributed by atoms with Crippen LogP contribution in [0.15, 0.2) is 12.1 Å². The molecule has 0 fully saturated rings. The van der Waals surface area contributed by atoms with Gasteiger partial charge >= 0.3 is 0 Å². The largest absolute Gasteiger partial charge is 0.396 e. The first-order valence-electron chi connectivity index (χ1n) is 3.82. The number of nitrogens with two attached hydrogens (primary N) is 1. The molecule has 1 rings (SSSR count). The van der Waals surface area contributed by atoms with Gasteiger partial charge in [-0.15, -0.1) is 0 Å². The van der Waals surface area contributed by atoms with Gasteiger partial charge in [0.2, 0.25) is 0 Å². The second-order valence-corrected chi connectivity index (χ2v) is 2.79. The number of carbonyl (C=O) groups excluding carboxylic acids is 1. The summed E-state index contributed by atoms with van der Waals surface area (Å²) in [4.78, 5) is 10.9. The Morgan fingerprint density at radius 3 is 2.43 bits per heavy atom. The molecule has 1 aromatic rings. The van der Waals surface area contributed by atoms with Gasteiger partial charge in [0, 0.05) is 5.56 Å². The van der Waals surface area contributed by atoms with Crippen LogP contribution in [0.2, 0.25) is 0 Å². The van der Waals surface area contributed by atoms with Crippen molar-refractivity contribution < 1.29 is 18.0 Å². The first kappa shape index (κ1) is 10.6. The van der Waals surface area contributed by atoms with E-state index in [1.165, 1.54) is 0 Å². The van der Waals surface area contributed by atoms with Crippen LogP contribution >= 0.6 is 0 Å². The molecule has 2 N–H and O–H groups in total. The fraction of sp³-hybridized carbons (Fsp3) is 0.222. The summed E-state index contributed by atoms with van der Waals surface area (Å²) in [5, 5.41) is 0. The van der Waals surface area contributed by atoms with Gasteiger partial charge in [0.25, 0.3) is 6.43 Å². The van der Waals surface area contributed by atoms with Crippen molar-refractivity contribution in [1.82, 2.24) is 0 Å². The van der Waals surface area contributed by atoms with E-state index < -0.39 is 23.6 Å². The standard InChI is InChI=1S/C9H8F3NO/c1-4(14)5-2-3-6(13)8(10)7(5)9(11)12/h2-3,9H,13H2,1H3. The Labute approximate surface area is 78.5 Å². The number of ketones is 1. The van der Waals surface area contributed by atoms with E-state index in [2.05, 4.69) is 0 Å². The van der Waals surface area contributed by atoms with Crippen LogP contribution in [-0.4, -0.2) is 5.78 Å². The Hall–Kier alpha value is -1.52. The van der Waals surface area contributed by atoms with Crippen LogP contribution in [0.4, 0.5) is 18.9 Å². The highest BCUT2D eigenvalue weighted by molar-refractivity contribution is 5.96. The highest BCUT2D eigenvalue weighted by Gasteiger charge is 2.22. The van der Waals surface area contributed by atoms with E-state index in [0.29, 0.717) is 0 Å². The van der Waals surface area contributed by atoms with Gasteiger partial charge in [-0.05, 0) is 19.1 Å². The van der Waals surface area contributed by atoms with E-state index in [9.17, 15) is 18.0 Å². The van der Waals surface area contributed by atoms with Gasteiger partial charge in [-0.1, -0.05) is 0 Å². The highest BCUT2D eigenvalue weighted by Crippen LogP contribution is 2.29. The molecule has 76 valence electrons. The third kappa shape index (κ3) is 1.71. The minimum absolute atomic E-state index is 0.327. The molecule has 0 spiro atoms. The second-order valence-electron chi connectivity index (χ2n) is 2.79. The van der Waals surface area contributed by atoms with Crippen molar-refractivity contribution in [3.05, 3.63) is 29.1 Å². The average Bonchev–Trinajstić information content (AvgIpc) is 2.08. The third-order valence-electron chi connectivity index (χ3n) is 1.81. The third-order valence-corrected chi connectivity index (χ3v) is 1.81. The molecule has 0 saturated heterocycles. The van der Waals surface area contributed by atoms with Gasteiger partial charge < -0.3 is 5.73 Å². The number of hydrogen-bond acceptors (Lipinski definition) is 2. The number of Topliss-reactive ketones (excluding diaryl/α,β-unsaturated/α-hetero) is 1. The molecular weight excluding hydrogens is 195 g/mol. The molecule has 0 aliphatic rings. The van der Waals surface area contributed by atoms with Crippen LogP contribution in [0.5, 0.6) is 0 Å².